The summed E-state index contributed by atoms with van der Waals surface area (Å²) < 4.78 is 11.9. The number of quaternary nitrogens is 1. The van der Waals surface area contributed by atoms with Crippen molar-refractivity contribution in [1.29, 1.82) is 0 Å². The van der Waals surface area contributed by atoms with E-state index in [4.69, 9.17) is 9.47 Å². The second kappa shape index (κ2) is 13.8. The summed E-state index contributed by atoms with van der Waals surface area (Å²) in [5.41, 5.74) is 5.85. The SMILES string of the molecule is CCN(Cc1cc(C)ccc1-c1cc(CC(=O)OCC[N+](C)(C)C)ccc1OC)C(=O)NCc1ccccc1. The van der Waals surface area contributed by atoms with Crippen molar-refractivity contribution in [3.8, 4) is 16.9 Å². The second-order valence-corrected chi connectivity index (χ2v) is 10.8. The van der Waals surface area contributed by atoms with E-state index in [1.807, 2.05) is 62.4 Å². The highest BCUT2D eigenvalue weighted by Gasteiger charge is 2.18. The lowest BCUT2D eigenvalue weighted by Gasteiger charge is -2.24. The van der Waals surface area contributed by atoms with Crippen molar-refractivity contribution in [3.63, 3.8) is 0 Å². The molecule has 2 amide bonds. The van der Waals surface area contributed by atoms with E-state index in [-0.39, 0.29) is 18.4 Å². The molecule has 0 bridgehead atoms. The van der Waals surface area contributed by atoms with Crippen LogP contribution >= 0.6 is 0 Å². The van der Waals surface area contributed by atoms with Crippen LogP contribution in [0.3, 0.4) is 0 Å². The molecule has 3 rings (SSSR count). The Morgan fingerprint density at radius 1 is 0.923 bits per heavy atom. The third-order valence-electron chi connectivity index (χ3n) is 6.51. The van der Waals surface area contributed by atoms with E-state index in [0.29, 0.717) is 32.0 Å². The molecule has 39 heavy (non-hydrogen) atoms. The summed E-state index contributed by atoms with van der Waals surface area (Å²) in [5, 5.41) is 3.03. The highest BCUT2D eigenvalue weighted by molar-refractivity contribution is 5.79. The number of nitrogens with one attached hydrogen (secondary N) is 1. The highest BCUT2D eigenvalue weighted by atomic mass is 16.5. The lowest BCUT2D eigenvalue weighted by molar-refractivity contribution is -0.870. The van der Waals surface area contributed by atoms with Crippen molar-refractivity contribution in [3.05, 3.63) is 89.0 Å². The molecule has 3 aromatic rings. The van der Waals surface area contributed by atoms with Gasteiger partial charge in [-0.05, 0) is 48.2 Å². The maximum atomic E-state index is 13.1. The van der Waals surface area contributed by atoms with Crippen LogP contribution in [-0.4, -0.2) is 69.3 Å². The molecule has 208 valence electrons. The Kier molecular flexibility index (Phi) is 10.5. The second-order valence-electron chi connectivity index (χ2n) is 10.8. The van der Waals surface area contributed by atoms with Gasteiger partial charge in [0.05, 0.1) is 34.7 Å². The van der Waals surface area contributed by atoms with Crippen LogP contribution < -0.4 is 10.1 Å². The molecule has 0 atom stereocenters. The van der Waals surface area contributed by atoms with Gasteiger partial charge >= 0.3 is 12.0 Å². The lowest BCUT2D eigenvalue weighted by Crippen LogP contribution is -2.39. The number of hydrogen-bond acceptors (Lipinski definition) is 4. The molecule has 0 radical (unpaired) electrons. The molecule has 0 saturated carbocycles. The Morgan fingerprint density at radius 2 is 1.67 bits per heavy atom. The number of hydrogen-bond donors (Lipinski definition) is 1. The summed E-state index contributed by atoms with van der Waals surface area (Å²) in [6.45, 7) is 6.62. The van der Waals surface area contributed by atoms with Gasteiger partial charge in [-0.3, -0.25) is 4.79 Å². The van der Waals surface area contributed by atoms with Crippen LogP contribution in [0.25, 0.3) is 11.1 Å². The van der Waals surface area contributed by atoms with Crippen LogP contribution in [0.4, 0.5) is 4.79 Å². The molecular formula is C32H42N3O4+. The summed E-state index contributed by atoms with van der Waals surface area (Å²) in [6, 6.07) is 21.7. The quantitative estimate of drug-likeness (QED) is 0.257. The van der Waals surface area contributed by atoms with Gasteiger partial charge in [-0.1, -0.05) is 60.2 Å². The third kappa shape index (κ3) is 9.14. The van der Waals surface area contributed by atoms with Crippen molar-refractivity contribution in [1.82, 2.24) is 10.2 Å². The van der Waals surface area contributed by atoms with E-state index in [1.165, 1.54) is 0 Å². The molecule has 0 aromatic heterocycles. The number of amides is 2. The Morgan fingerprint density at radius 3 is 2.33 bits per heavy atom. The van der Waals surface area contributed by atoms with E-state index in [0.717, 1.165) is 44.4 Å². The molecule has 7 nitrogen and oxygen atoms in total. The Hall–Kier alpha value is -3.84. The van der Waals surface area contributed by atoms with Crippen LogP contribution in [0.2, 0.25) is 0 Å². The molecule has 1 N–H and O–H groups in total. The largest absolute Gasteiger partial charge is 0.496 e. The number of esters is 1. The minimum atomic E-state index is -0.254. The van der Waals surface area contributed by atoms with E-state index in [1.54, 1.807) is 12.0 Å². The fourth-order valence-corrected chi connectivity index (χ4v) is 4.26. The van der Waals surface area contributed by atoms with Gasteiger partial charge in [0.2, 0.25) is 0 Å². The highest BCUT2D eigenvalue weighted by Crippen LogP contribution is 2.34. The fraction of sp³-hybridized carbons (Fsp3) is 0.375. The van der Waals surface area contributed by atoms with E-state index in [2.05, 4.69) is 44.7 Å². The zero-order chi connectivity index (χ0) is 28.4. The van der Waals surface area contributed by atoms with Crippen LogP contribution in [0.1, 0.15) is 29.2 Å². The number of benzene rings is 3. The molecule has 0 saturated heterocycles. The fourth-order valence-electron chi connectivity index (χ4n) is 4.26. The molecule has 0 aliphatic heterocycles. The predicted molar refractivity (Wildman–Crippen MR) is 155 cm³/mol. The number of methoxy groups -OCH3 is 1. The zero-order valence-electron chi connectivity index (χ0n) is 24.1. The smallest absolute Gasteiger partial charge is 0.317 e. The Balaban J connectivity index is 1.81. The number of carbonyl (C=O) groups is 2. The molecule has 3 aromatic carbocycles. The van der Waals surface area contributed by atoms with Gasteiger partial charge < -0.3 is 24.2 Å². The van der Waals surface area contributed by atoms with Gasteiger partial charge in [-0.25, -0.2) is 4.79 Å². The van der Waals surface area contributed by atoms with Gasteiger partial charge in [0.25, 0.3) is 0 Å². The van der Waals surface area contributed by atoms with Crippen molar-refractivity contribution in [2.75, 3.05) is 47.9 Å². The van der Waals surface area contributed by atoms with Gasteiger partial charge in [0.15, 0.2) is 0 Å². The predicted octanol–water partition coefficient (Wildman–Crippen LogP) is 5.19. The minimum absolute atomic E-state index is 0.119. The van der Waals surface area contributed by atoms with Crippen molar-refractivity contribution >= 4 is 12.0 Å². The van der Waals surface area contributed by atoms with Gasteiger partial charge in [0.1, 0.15) is 18.9 Å². The first-order valence-corrected chi connectivity index (χ1v) is 13.4. The molecule has 0 heterocycles. The molecule has 7 heteroatoms. The molecule has 0 spiro atoms. The number of urea groups is 1. The first-order chi connectivity index (χ1) is 18.6. The summed E-state index contributed by atoms with van der Waals surface area (Å²) in [4.78, 5) is 27.4. The molecule has 0 aliphatic carbocycles. The van der Waals surface area contributed by atoms with E-state index in [9.17, 15) is 9.59 Å². The molecule has 0 fully saturated rings. The number of rotatable bonds is 12. The number of nitrogens with zero attached hydrogens (tertiary/aromatic N) is 2. The van der Waals surface area contributed by atoms with E-state index >= 15 is 0 Å². The first kappa shape index (κ1) is 29.7. The summed E-state index contributed by atoms with van der Waals surface area (Å²) >= 11 is 0. The zero-order valence-corrected chi connectivity index (χ0v) is 24.1. The summed E-state index contributed by atoms with van der Waals surface area (Å²) in [5.74, 6) is 0.453. The minimum Gasteiger partial charge on any atom is -0.496 e. The van der Waals surface area contributed by atoms with Gasteiger partial charge in [-0.15, -0.1) is 0 Å². The van der Waals surface area contributed by atoms with Crippen LogP contribution in [-0.2, 0) is 29.0 Å². The summed E-state index contributed by atoms with van der Waals surface area (Å²) in [6.07, 6.45) is 0.179. The lowest BCUT2D eigenvalue weighted by atomic mass is 9.94. The van der Waals surface area contributed by atoms with Crippen LogP contribution in [0.15, 0.2) is 66.7 Å². The average molecular weight is 533 g/mol. The topological polar surface area (TPSA) is 67.9 Å². The first-order valence-electron chi connectivity index (χ1n) is 13.4. The van der Waals surface area contributed by atoms with Crippen molar-refractivity contribution in [2.45, 2.75) is 33.4 Å². The Bertz CT molecular complexity index is 1250. The number of aryl methyl sites for hydroxylation is 1. The number of carbonyl (C=O) groups excluding carboxylic acids is 2. The molecule has 0 aliphatic rings. The number of ether oxygens (including phenoxy) is 2. The monoisotopic (exact) mass is 532 g/mol. The maximum absolute atomic E-state index is 13.1. The Labute approximate surface area is 232 Å². The standard InChI is InChI=1S/C32H41N3O4/c1-7-34(32(37)33-22-25-11-9-8-10-12-25)23-27-19-24(2)13-15-28(27)29-20-26(14-16-30(29)38-6)21-31(36)39-18-17-35(3,4)5/h8-16,19-20H,7,17-18,21-23H2,1-6H3/p+1. The number of likely N-dealkylation sites (N-methyl/N-ethyl adjacent to an activating group) is 1. The van der Waals surface area contributed by atoms with Gasteiger partial charge in [0, 0.05) is 25.2 Å². The molecule has 0 unspecified atom stereocenters. The molecular weight excluding hydrogens is 490 g/mol. The van der Waals surface area contributed by atoms with Crippen LogP contribution in [0, 0.1) is 6.92 Å². The van der Waals surface area contributed by atoms with Crippen molar-refractivity contribution < 1.29 is 23.5 Å². The maximum Gasteiger partial charge on any atom is 0.317 e. The third-order valence-corrected chi connectivity index (χ3v) is 6.51. The van der Waals surface area contributed by atoms with Crippen LogP contribution in [0.5, 0.6) is 5.75 Å². The van der Waals surface area contributed by atoms with Crippen molar-refractivity contribution in [2.24, 2.45) is 0 Å². The average Bonchev–Trinajstić information content (AvgIpc) is 2.90. The summed E-state index contributed by atoms with van der Waals surface area (Å²) in [7, 11) is 7.83. The van der Waals surface area contributed by atoms with E-state index < -0.39 is 0 Å². The normalized spacial score (nSPS) is 11.1. The van der Waals surface area contributed by atoms with Gasteiger partial charge in [-0.2, -0.15) is 0 Å².